The van der Waals surface area contributed by atoms with Gasteiger partial charge in [0, 0.05) is 12.4 Å². The molecule has 10 heavy (non-hydrogen) atoms. The summed E-state index contributed by atoms with van der Waals surface area (Å²) in [5.41, 5.74) is 0. The van der Waals surface area contributed by atoms with Crippen molar-refractivity contribution in [3.8, 4) is 0 Å². The molecule has 0 aliphatic carbocycles. The van der Waals surface area contributed by atoms with Gasteiger partial charge in [-0.05, 0) is 0 Å². The monoisotopic (exact) mass is 205 g/mol. The molecule has 0 aliphatic rings. The van der Waals surface area contributed by atoms with Crippen LogP contribution < -0.4 is 5.11 Å². The van der Waals surface area contributed by atoms with Crippen molar-refractivity contribution in [2.24, 2.45) is 0 Å². The Morgan fingerprint density at radius 3 is 2.10 bits per heavy atom. The van der Waals surface area contributed by atoms with Crippen LogP contribution in [0, 0.1) is 0 Å². The Labute approximate surface area is 72.5 Å². The molecule has 1 atom stereocenters. The number of aliphatic carboxylic acids is 1. The Bertz CT molecular complexity index is 130. The van der Waals surface area contributed by atoms with Crippen molar-refractivity contribution in [3.05, 3.63) is 0 Å². The molecule has 0 saturated carbocycles. The summed E-state index contributed by atoms with van der Waals surface area (Å²) >= 11 is 15.4. The summed E-state index contributed by atoms with van der Waals surface area (Å²) < 4.78 is -1.96. The fraction of sp³-hybridized carbons (Fsp3) is 0.750. The van der Waals surface area contributed by atoms with Crippen LogP contribution in [0.5, 0.6) is 0 Å². The van der Waals surface area contributed by atoms with Crippen LogP contribution in [0.1, 0.15) is 6.42 Å². The molecule has 3 nitrogen and oxygen atoms in total. The summed E-state index contributed by atoms with van der Waals surface area (Å²) in [5.74, 6) is -1.46. The molecule has 0 fully saturated rings. The summed E-state index contributed by atoms with van der Waals surface area (Å²) in [5, 5.41) is 18.5. The van der Waals surface area contributed by atoms with Gasteiger partial charge in [0.15, 0.2) is 0 Å². The molecule has 0 aromatic rings. The van der Waals surface area contributed by atoms with Gasteiger partial charge < -0.3 is 15.0 Å². The molecule has 6 heteroatoms. The predicted molar refractivity (Wildman–Crippen MR) is 35.9 cm³/mol. The van der Waals surface area contributed by atoms with Crippen molar-refractivity contribution in [3.63, 3.8) is 0 Å². The zero-order valence-corrected chi connectivity index (χ0v) is 6.95. The normalized spacial score (nSPS) is 14.8. The van der Waals surface area contributed by atoms with E-state index in [2.05, 4.69) is 0 Å². The molecule has 0 heterocycles. The zero-order chi connectivity index (χ0) is 8.36. The van der Waals surface area contributed by atoms with Crippen LogP contribution in [0.25, 0.3) is 0 Å². The Morgan fingerprint density at radius 1 is 1.60 bits per heavy atom. The summed E-state index contributed by atoms with van der Waals surface area (Å²) in [7, 11) is 0. The number of hydrogen-bond acceptors (Lipinski definition) is 3. The first-order valence-electron chi connectivity index (χ1n) is 2.28. The molecule has 0 radical (unpaired) electrons. The number of rotatable bonds is 2. The molecule has 0 amide bonds. The molecule has 1 N–H and O–H groups in total. The lowest BCUT2D eigenvalue weighted by atomic mass is 10.3. The number of alkyl halides is 3. The number of carbonyl (C=O) groups is 1. The van der Waals surface area contributed by atoms with Gasteiger partial charge in [-0.15, -0.1) is 0 Å². The van der Waals surface area contributed by atoms with Crippen molar-refractivity contribution in [1.82, 2.24) is 0 Å². The van der Waals surface area contributed by atoms with Crippen molar-refractivity contribution < 1.29 is 15.0 Å². The van der Waals surface area contributed by atoms with Gasteiger partial charge in [0.25, 0.3) is 0 Å². The lowest BCUT2D eigenvalue weighted by Gasteiger charge is -2.18. The predicted octanol–water partition coefficient (Wildman–Crippen LogP) is -0.143. The van der Waals surface area contributed by atoms with Crippen molar-refractivity contribution >= 4 is 40.8 Å². The third-order valence-electron chi connectivity index (χ3n) is 0.738. The quantitative estimate of drug-likeness (QED) is 0.640. The number of carboxylic acids is 1. The first kappa shape index (κ1) is 10.3. The van der Waals surface area contributed by atoms with E-state index in [1.165, 1.54) is 0 Å². The molecule has 0 spiro atoms. The topological polar surface area (TPSA) is 60.4 Å². The molecule has 0 aliphatic heterocycles. The van der Waals surface area contributed by atoms with Gasteiger partial charge in [-0.2, -0.15) is 0 Å². The number of aliphatic hydroxyl groups is 1. The summed E-state index contributed by atoms with van der Waals surface area (Å²) in [6, 6.07) is 0. The van der Waals surface area contributed by atoms with E-state index in [1.54, 1.807) is 0 Å². The van der Waals surface area contributed by atoms with Crippen LogP contribution in [0.2, 0.25) is 0 Å². The van der Waals surface area contributed by atoms with Crippen LogP contribution in [0.4, 0.5) is 0 Å². The number of carboxylic acid groups (broad SMARTS) is 1. The Hall–Kier alpha value is 0.300. The lowest BCUT2D eigenvalue weighted by molar-refractivity contribution is -0.307. The fourth-order valence-electron chi connectivity index (χ4n) is 0.274. The fourth-order valence-corrected chi connectivity index (χ4v) is 0.505. The van der Waals surface area contributed by atoms with Gasteiger partial charge >= 0.3 is 0 Å². The van der Waals surface area contributed by atoms with Gasteiger partial charge in [-0.1, -0.05) is 34.8 Å². The standard InChI is InChI=1S/C4H5Cl3O3/c5-4(6,7)2(8)1-3(9)10/h2,8H,1H2,(H,9,10)/p-1/t2-/m0/s1. The molecular weight excluding hydrogens is 202 g/mol. The van der Waals surface area contributed by atoms with E-state index in [4.69, 9.17) is 39.9 Å². The Balaban J connectivity index is 3.85. The summed E-state index contributed by atoms with van der Waals surface area (Å²) in [6.45, 7) is 0. The molecule has 0 saturated heterocycles. The summed E-state index contributed by atoms with van der Waals surface area (Å²) in [4.78, 5) is 9.81. The second-order valence-electron chi connectivity index (χ2n) is 1.63. The van der Waals surface area contributed by atoms with Crippen LogP contribution in [-0.4, -0.2) is 21.0 Å². The second-order valence-corrected chi connectivity index (χ2v) is 4.00. The van der Waals surface area contributed by atoms with Crippen LogP contribution in [-0.2, 0) is 4.79 Å². The summed E-state index contributed by atoms with van der Waals surface area (Å²) in [6.07, 6.45) is -2.21. The van der Waals surface area contributed by atoms with E-state index in [9.17, 15) is 9.90 Å². The van der Waals surface area contributed by atoms with E-state index in [-0.39, 0.29) is 0 Å². The number of halogens is 3. The van der Waals surface area contributed by atoms with Crippen LogP contribution in [0.15, 0.2) is 0 Å². The van der Waals surface area contributed by atoms with Gasteiger partial charge in [-0.3, -0.25) is 0 Å². The minimum absolute atomic E-state index is 0.684. The number of aliphatic hydroxyl groups excluding tert-OH is 1. The highest BCUT2D eigenvalue weighted by Gasteiger charge is 2.30. The maximum Gasteiger partial charge on any atom is 0.216 e. The van der Waals surface area contributed by atoms with Gasteiger partial charge in [0.1, 0.15) is 6.10 Å². The molecule has 60 valence electrons. The third-order valence-corrected chi connectivity index (χ3v) is 1.49. The SMILES string of the molecule is O=C([O-])C[C@H](O)C(Cl)(Cl)Cl. The second kappa shape index (κ2) is 3.62. The van der Waals surface area contributed by atoms with E-state index < -0.39 is 22.3 Å². The minimum Gasteiger partial charge on any atom is -0.550 e. The average molecular weight is 206 g/mol. The number of hydrogen-bond donors (Lipinski definition) is 1. The maximum atomic E-state index is 9.81. The molecule has 0 aromatic heterocycles. The molecule has 0 aromatic carbocycles. The highest BCUT2D eigenvalue weighted by atomic mass is 35.6. The van der Waals surface area contributed by atoms with Gasteiger partial charge in [0.2, 0.25) is 3.79 Å². The number of carbonyl (C=O) groups excluding carboxylic acids is 1. The van der Waals surface area contributed by atoms with E-state index in [1.807, 2.05) is 0 Å². The molecule has 0 rings (SSSR count). The van der Waals surface area contributed by atoms with Crippen molar-refractivity contribution in [2.45, 2.75) is 16.3 Å². The smallest absolute Gasteiger partial charge is 0.216 e. The Kier molecular flexibility index (Phi) is 3.73. The highest BCUT2D eigenvalue weighted by Crippen LogP contribution is 2.31. The largest absolute Gasteiger partial charge is 0.550 e. The lowest BCUT2D eigenvalue weighted by Crippen LogP contribution is -2.34. The highest BCUT2D eigenvalue weighted by molar-refractivity contribution is 6.68. The van der Waals surface area contributed by atoms with Gasteiger partial charge in [0.05, 0.1) is 0 Å². The Morgan fingerprint density at radius 2 is 2.00 bits per heavy atom. The van der Waals surface area contributed by atoms with Crippen molar-refractivity contribution in [1.29, 1.82) is 0 Å². The average Bonchev–Trinajstić information content (AvgIpc) is 1.60. The first-order valence-corrected chi connectivity index (χ1v) is 3.42. The minimum atomic E-state index is -1.96. The molecule has 0 bridgehead atoms. The zero-order valence-electron chi connectivity index (χ0n) is 4.68. The van der Waals surface area contributed by atoms with E-state index >= 15 is 0 Å². The maximum absolute atomic E-state index is 9.81. The molecule has 0 unspecified atom stereocenters. The van der Waals surface area contributed by atoms with Crippen LogP contribution in [0.3, 0.4) is 0 Å². The third kappa shape index (κ3) is 4.17. The first-order chi connectivity index (χ1) is 4.34. The van der Waals surface area contributed by atoms with E-state index in [0.717, 1.165) is 0 Å². The van der Waals surface area contributed by atoms with Gasteiger partial charge in [-0.25, -0.2) is 0 Å². The molecular formula is C4H4Cl3O3-. The van der Waals surface area contributed by atoms with Crippen LogP contribution >= 0.6 is 34.8 Å². The van der Waals surface area contributed by atoms with Crippen molar-refractivity contribution in [2.75, 3.05) is 0 Å². The van der Waals surface area contributed by atoms with E-state index in [0.29, 0.717) is 0 Å².